The lowest BCUT2D eigenvalue weighted by atomic mass is 10.0. The molecule has 1 heterocycles. The van der Waals surface area contributed by atoms with Crippen LogP contribution in [0.3, 0.4) is 0 Å². The SMILES string of the molecule is CCC(=O)c1nc(C(C)C)c(C)nc1C(C)C. The van der Waals surface area contributed by atoms with Crippen LogP contribution in [-0.4, -0.2) is 15.8 Å². The highest BCUT2D eigenvalue weighted by molar-refractivity contribution is 5.95. The third-order valence-corrected chi connectivity index (χ3v) is 2.81. The second kappa shape index (κ2) is 5.39. The Morgan fingerprint density at radius 2 is 1.59 bits per heavy atom. The fourth-order valence-corrected chi connectivity index (χ4v) is 1.87. The van der Waals surface area contributed by atoms with Crippen LogP contribution in [0, 0.1) is 6.92 Å². The Balaban J connectivity index is 3.42. The Hall–Kier alpha value is -1.25. The molecule has 0 radical (unpaired) electrons. The van der Waals surface area contributed by atoms with E-state index in [1.807, 2.05) is 27.7 Å². The maximum atomic E-state index is 11.9. The molecule has 3 heteroatoms. The summed E-state index contributed by atoms with van der Waals surface area (Å²) in [6.45, 7) is 12.1. The molecule has 0 N–H and O–H groups in total. The van der Waals surface area contributed by atoms with E-state index in [0.717, 1.165) is 17.1 Å². The number of carbonyl (C=O) groups excluding carboxylic acids is 1. The van der Waals surface area contributed by atoms with Crippen LogP contribution >= 0.6 is 0 Å². The number of ketones is 1. The minimum Gasteiger partial charge on any atom is -0.292 e. The molecule has 0 atom stereocenters. The van der Waals surface area contributed by atoms with Gasteiger partial charge in [-0.25, -0.2) is 4.98 Å². The minimum absolute atomic E-state index is 0.0862. The largest absolute Gasteiger partial charge is 0.292 e. The number of Topliss-reactive ketones (excluding diaryl/α,β-unsaturated/α-hetero) is 1. The van der Waals surface area contributed by atoms with E-state index in [-0.39, 0.29) is 11.7 Å². The summed E-state index contributed by atoms with van der Waals surface area (Å²) in [5.74, 6) is 0.614. The standard InChI is InChI=1S/C14H22N2O/c1-7-11(17)14-13(9(4)5)15-10(6)12(16-14)8(2)3/h8-9H,7H2,1-6H3. The molecule has 0 aromatic carbocycles. The predicted octanol–water partition coefficient (Wildman–Crippen LogP) is 3.62. The number of aryl methyl sites for hydroxylation is 1. The smallest absolute Gasteiger partial charge is 0.182 e. The molecular formula is C14H22N2O. The highest BCUT2D eigenvalue weighted by Gasteiger charge is 2.19. The van der Waals surface area contributed by atoms with Gasteiger partial charge in [0.15, 0.2) is 5.78 Å². The zero-order valence-corrected chi connectivity index (χ0v) is 11.7. The summed E-state index contributed by atoms with van der Waals surface area (Å²) in [5.41, 5.74) is 3.28. The van der Waals surface area contributed by atoms with Crippen LogP contribution in [0.25, 0.3) is 0 Å². The van der Waals surface area contributed by atoms with Crippen molar-refractivity contribution in [1.82, 2.24) is 9.97 Å². The van der Waals surface area contributed by atoms with Crippen LogP contribution < -0.4 is 0 Å². The minimum atomic E-state index is 0.0862. The van der Waals surface area contributed by atoms with Gasteiger partial charge in [0, 0.05) is 6.42 Å². The molecule has 0 amide bonds. The van der Waals surface area contributed by atoms with Crippen molar-refractivity contribution in [2.24, 2.45) is 0 Å². The first-order valence-electron chi connectivity index (χ1n) is 6.30. The molecule has 17 heavy (non-hydrogen) atoms. The van der Waals surface area contributed by atoms with Crippen molar-refractivity contribution in [3.05, 3.63) is 22.8 Å². The van der Waals surface area contributed by atoms with Gasteiger partial charge in [0.25, 0.3) is 0 Å². The van der Waals surface area contributed by atoms with Crippen LogP contribution in [0.2, 0.25) is 0 Å². The summed E-state index contributed by atoms with van der Waals surface area (Å²) >= 11 is 0. The van der Waals surface area contributed by atoms with E-state index in [1.165, 1.54) is 0 Å². The Morgan fingerprint density at radius 1 is 1.06 bits per heavy atom. The van der Waals surface area contributed by atoms with Gasteiger partial charge in [-0.1, -0.05) is 34.6 Å². The molecule has 0 spiro atoms. The summed E-state index contributed by atoms with van der Waals surface area (Å²) in [6, 6.07) is 0. The molecule has 0 unspecified atom stereocenters. The summed E-state index contributed by atoms with van der Waals surface area (Å²) in [7, 11) is 0. The lowest BCUT2D eigenvalue weighted by molar-refractivity contribution is 0.0981. The molecule has 1 aromatic heterocycles. The van der Waals surface area contributed by atoms with Crippen molar-refractivity contribution in [2.45, 2.75) is 59.8 Å². The zero-order valence-electron chi connectivity index (χ0n) is 11.7. The summed E-state index contributed by atoms with van der Waals surface area (Å²) in [5, 5.41) is 0. The van der Waals surface area contributed by atoms with Crippen molar-refractivity contribution < 1.29 is 4.79 Å². The molecule has 0 saturated carbocycles. The second-order valence-corrected chi connectivity index (χ2v) is 5.01. The molecule has 0 saturated heterocycles. The topological polar surface area (TPSA) is 42.9 Å². The van der Waals surface area contributed by atoms with E-state index in [0.29, 0.717) is 18.0 Å². The quantitative estimate of drug-likeness (QED) is 0.747. The third-order valence-electron chi connectivity index (χ3n) is 2.81. The Labute approximate surface area is 104 Å². The number of nitrogens with zero attached hydrogens (tertiary/aromatic N) is 2. The van der Waals surface area contributed by atoms with Crippen LogP contribution in [0.4, 0.5) is 0 Å². The fourth-order valence-electron chi connectivity index (χ4n) is 1.87. The molecule has 0 bridgehead atoms. The van der Waals surface area contributed by atoms with Crippen molar-refractivity contribution in [1.29, 1.82) is 0 Å². The van der Waals surface area contributed by atoms with E-state index in [4.69, 9.17) is 0 Å². The van der Waals surface area contributed by atoms with Gasteiger partial charge in [-0.05, 0) is 18.8 Å². The van der Waals surface area contributed by atoms with Crippen LogP contribution in [0.1, 0.15) is 80.4 Å². The van der Waals surface area contributed by atoms with Crippen molar-refractivity contribution in [2.75, 3.05) is 0 Å². The average molecular weight is 234 g/mol. The highest BCUT2D eigenvalue weighted by atomic mass is 16.1. The third kappa shape index (κ3) is 2.90. The van der Waals surface area contributed by atoms with E-state index < -0.39 is 0 Å². The summed E-state index contributed by atoms with van der Waals surface area (Å²) < 4.78 is 0. The van der Waals surface area contributed by atoms with Gasteiger partial charge in [-0.2, -0.15) is 0 Å². The number of hydrogen-bond acceptors (Lipinski definition) is 3. The number of rotatable bonds is 4. The van der Waals surface area contributed by atoms with E-state index in [9.17, 15) is 4.79 Å². The van der Waals surface area contributed by atoms with Gasteiger partial charge >= 0.3 is 0 Å². The predicted molar refractivity (Wildman–Crippen MR) is 69.6 cm³/mol. The van der Waals surface area contributed by atoms with Crippen LogP contribution in [-0.2, 0) is 0 Å². The normalized spacial score (nSPS) is 11.3. The number of carbonyl (C=O) groups is 1. The Bertz CT molecular complexity index is 422. The summed E-state index contributed by atoms with van der Waals surface area (Å²) in [6.07, 6.45) is 0.481. The Kier molecular flexibility index (Phi) is 4.38. The Morgan fingerprint density at radius 3 is 2.00 bits per heavy atom. The lowest BCUT2D eigenvalue weighted by Crippen LogP contribution is -2.14. The average Bonchev–Trinajstić information content (AvgIpc) is 2.26. The van der Waals surface area contributed by atoms with Crippen molar-refractivity contribution >= 4 is 5.78 Å². The van der Waals surface area contributed by atoms with E-state index >= 15 is 0 Å². The van der Waals surface area contributed by atoms with Crippen molar-refractivity contribution in [3.8, 4) is 0 Å². The first-order valence-corrected chi connectivity index (χ1v) is 6.30. The molecule has 0 aliphatic carbocycles. The number of hydrogen-bond donors (Lipinski definition) is 0. The van der Waals surface area contributed by atoms with Crippen LogP contribution in [0.15, 0.2) is 0 Å². The first kappa shape index (κ1) is 13.8. The summed E-state index contributed by atoms with van der Waals surface area (Å²) in [4.78, 5) is 21.1. The lowest BCUT2D eigenvalue weighted by Gasteiger charge is -2.15. The molecule has 3 nitrogen and oxygen atoms in total. The van der Waals surface area contributed by atoms with E-state index in [1.54, 1.807) is 0 Å². The van der Waals surface area contributed by atoms with Gasteiger partial charge in [-0.3, -0.25) is 9.78 Å². The van der Waals surface area contributed by atoms with Gasteiger partial charge in [0.05, 0.1) is 17.1 Å². The molecule has 0 fully saturated rings. The fraction of sp³-hybridized carbons (Fsp3) is 0.643. The molecule has 0 aliphatic rings. The second-order valence-electron chi connectivity index (χ2n) is 5.01. The maximum Gasteiger partial charge on any atom is 0.182 e. The van der Waals surface area contributed by atoms with Crippen molar-refractivity contribution in [3.63, 3.8) is 0 Å². The van der Waals surface area contributed by atoms with Gasteiger partial charge in [-0.15, -0.1) is 0 Å². The molecule has 94 valence electrons. The number of aromatic nitrogens is 2. The highest BCUT2D eigenvalue weighted by Crippen LogP contribution is 2.22. The van der Waals surface area contributed by atoms with Gasteiger partial charge < -0.3 is 0 Å². The molecular weight excluding hydrogens is 212 g/mol. The molecule has 1 rings (SSSR count). The maximum absolute atomic E-state index is 11.9. The van der Waals surface area contributed by atoms with Gasteiger partial charge in [0.1, 0.15) is 5.69 Å². The van der Waals surface area contributed by atoms with Gasteiger partial charge in [0.2, 0.25) is 0 Å². The van der Waals surface area contributed by atoms with Crippen LogP contribution in [0.5, 0.6) is 0 Å². The van der Waals surface area contributed by atoms with E-state index in [2.05, 4.69) is 23.8 Å². The monoisotopic (exact) mass is 234 g/mol. The first-order chi connectivity index (χ1) is 7.88. The molecule has 0 aliphatic heterocycles. The zero-order chi connectivity index (χ0) is 13.2. The molecule has 1 aromatic rings.